The van der Waals surface area contributed by atoms with Crippen LogP contribution < -0.4 is 5.32 Å². The van der Waals surface area contributed by atoms with Crippen LogP contribution in [0.25, 0.3) is 0 Å². The molecule has 0 heterocycles. The van der Waals surface area contributed by atoms with Gasteiger partial charge in [0.2, 0.25) is 0 Å². The van der Waals surface area contributed by atoms with Crippen LogP contribution in [0.5, 0.6) is 0 Å². The Morgan fingerprint density at radius 1 is 1.20 bits per heavy atom. The molecule has 5 heteroatoms. The lowest BCUT2D eigenvalue weighted by Gasteiger charge is -2.12. The summed E-state index contributed by atoms with van der Waals surface area (Å²) >= 11 is 5.80. The van der Waals surface area contributed by atoms with Crippen molar-refractivity contribution in [3.05, 3.63) is 68.2 Å². The second-order valence-electron chi connectivity index (χ2n) is 4.64. The highest BCUT2D eigenvalue weighted by atomic mass is 35.5. The summed E-state index contributed by atoms with van der Waals surface area (Å²) < 4.78 is 0. The molecule has 0 radical (unpaired) electrons. The fourth-order valence-corrected chi connectivity index (χ4v) is 2.28. The van der Waals surface area contributed by atoms with Crippen molar-refractivity contribution in [2.45, 2.75) is 20.4 Å². The summed E-state index contributed by atoms with van der Waals surface area (Å²) in [5.41, 5.74) is 3.94. The zero-order valence-electron chi connectivity index (χ0n) is 11.3. The van der Waals surface area contributed by atoms with E-state index >= 15 is 0 Å². The number of nitro benzene ring substituents is 1. The van der Waals surface area contributed by atoms with Crippen molar-refractivity contribution < 1.29 is 4.92 Å². The Bertz CT molecular complexity index is 636. The number of anilines is 1. The smallest absolute Gasteiger partial charge is 0.293 e. The highest BCUT2D eigenvalue weighted by Gasteiger charge is 2.14. The molecule has 0 amide bonds. The Labute approximate surface area is 122 Å². The molecule has 0 fully saturated rings. The van der Waals surface area contributed by atoms with Crippen molar-refractivity contribution in [1.29, 1.82) is 0 Å². The number of benzene rings is 2. The van der Waals surface area contributed by atoms with E-state index < -0.39 is 4.92 Å². The third-order valence-electron chi connectivity index (χ3n) is 3.26. The predicted molar refractivity (Wildman–Crippen MR) is 81.3 cm³/mol. The molecule has 0 aliphatic carbocycles. The van der Waals surface area contributed by atoms with Crippen molar-refractivity contribution in [1.82, 2.24) is 0 Å². The van der Waals surface area contributed by atoms with Gasteiger partial charge in [-0.2, -0.15) is 0 Å². The SMILES string of the molecule is Cc1cccc(C)c1CNc1ccc(Cl)cc1[N+](=O)[O-]. The Balaban J connectivity index is 2.25. The molecule has 0 aromatic heterocycles. The van der Waals surface area contributed by atoms with E-state index in [-0.39, 0.29) is 5.69 Å². The van der Waals surface area contributed by atoms with Crippen molar-refractivity contribution in [2.75, 3.05) is 5.32 Å². The number of halogens is 1. The molecule has 104 valence electrons. The number of hydrogen-bond acceptors (Lipinski definition) is 3. The average Bonchev–Trinajstić information content (AvgIpc) is 2.39. The summed E-state index contributed by atoms with van der Waals surface area (Å²) in [5.74, 6) is 0. The van der Waals surface area contributed by atoms with Gasteiger partial charge in [0.15, 0.2) is 0 Å². The highest BCUT2D eigenvalue weighted by molar-refractivity contribution is 6.30. The molecule has 0 bridgehead atoms. The van der Waals surface area contributed by atoms with E-state index in [9.17, 15) is 10.1 Å². The van der Waals surface area contributed by atoms with Gasteiger partial charge >= 0.3 is 0 Å². The molecule has 2 aromatic carbocycles. The molecular weight excluding hydrogens is 276 g/mol. The molecular formula is C15H15ClN2O2. The quantitative estimate of drug-likeness (QED) is 0.667. The summed E-state index contributed by atoms with van der Waals surface area (Å²) in [5, 5.41) is 14.5. The number of aryl methyl sites for hydroxylation is 2. The number of hydrogen-bond donors (Lipinski definition) is 1. The number of nitrogens with one attached hydrogen (secondary N) is 1. The zero-order valence-corrected chi connectivity index (χ0v) is 12.1. The van der Waals surface area contributed by atoms with Crippen molar-refractivity contribution in [3.8, 4) is 0 Å². The van der Waals surface area contributed by atoms with Gasteiger partial charge in [-0.25, -0.2) is 0 Å². The molecule has 0 spiro atoms. The van der Waals surface area contributed by atoms with Gasteiger partial charge in [0, 0.05) is 17.6 Å². The fourth-order valence-electron chi connectivity index (χ4n) is 2.12. The maximum absolute atomic E-state index is 11.0. The number of nitrogens with zero attached hydrogens (tertiary/aromatic N) is 1. The molecule has 1 N–H and O–H groups in total. The summed E-state index contributed by atoms with van der Waals surface area (Å²) in [6.45, 7) is 4.60. The minimum absolute atomic E-state index is 0.0104. The Hall–Kier alpha value is -2.07. The van der Waals surface area contributed by atoms with Crippen LogP contribution in [0.1, 0.15) is 16.7 Å². The van der Waals surface area contributed by atoms with E-state index in [0.29, 0.717) is 17.3 Å². The van der Waals surface area contributed by atoms with Gasteiger partial charge in [-0.15, -0.1) is 0 Å². The molecule has 4 nitrogen and oxygen atoms in total. The normalized spacial score (nSPS) is 10.3. The number of rotatable bonds is 4. The first-order chi connectivity index (χ1) is 9.49. The predicted octanol–water partition coefficient (Wildman–Crippen LogP) is 4.48. The van der Waals surface area contributed by atoms with Gasteiger partial charge in [-0.1, -0.05) is 29.8 Å². The minimum atomic E-state index is -0.432. The van der Waals surface area contributed by atoms with Crippen LogP contribution in [-0.2, 0) is 6.54 Å². The van der Waals surface area contributed by atoms with Gasteiger partial charge in [0.1, 0.15) is 5.69 Å². The van der Waals surface area contributed by atoms with Crippen LogP contribution in [0, 0.1) is 24.0 Å². The summed E-state index contributed by atoms with van der Waals surface area (Å²) in [4.78, 5) is 10.6. The van der Waals surface area contributed by atoms with Crippen LogP contribution in [0.15, 0.2) is 36.4 Å². The van der Waals surface area contributed by atoms with Gasteiger partial charge in [-0.05, 0) is 42.7 Å². The topological polar surface area (TPSA) is 55.2 Å². The second-order valence-corrected chi connectivity index (χ2v) is 5.08. The summed E-state index contributed by atoms with van der Waals surface area (Å²) in [7, 11) is 0. The van der Waals surface area contributed by atoms with Crippen molar-refractivity contribution in [2.24, 2.45) is 0 Å². The lowest BCUT2D eigenvalue weighted by molar-refractivity contribution is -0.383. The molecule has 0 saturated heterocycles. The van der Waals surface area contributed by atoms with Crippen LogP contribution >= 0.6 is 11.6 Å². The van der Waals surface area contributed by atoms with Gasteiger partial charge in [-0.3, -0.25) is 10.1 Å². The van der Waals surface area contributed by atoms with Gasteiger partial charge in [0.05, 0.1) is 4.92 Å². The van der Waals surface area contributed by atoms with Crippen molar-refractivity contribution in [3.63, 3.8) is 0 Å². The molecule has 0 atom stereocenters. The first-order valence-corrected chi connectivity index (χ1v) is 6.59. The van der Waals surface area contributed by atoms with Crippen LogP contribution in [0.2, 0.25) is 5.02 Å². The van der Waals surface area contributed by atoms with Crippen LogP contribution in [-0.4, -0.2) is 4.92 Å². The molecule has 0 aliphatic rings. The van der Waals surface area contributed by atoms with E-state index in [4.69, 9.17) is 11.6 Å². The summed E-state index contributed by atoms with van der Waals surface area (Å²) in [6, 6.07) is 10.7. The Morgan fingerprint density at radius 2 is 1.85 bits per heavy atom. The van der Waals surface area contributed by atoms with E-state index in [0.717, 1.165) is 16.7 Å². The molecule has 0 unspecified atom stereocenters. The standard InChI is InChI=1S/C15H15ClN2O2/c1-10-4-3-5-11(2)13(10)9-17-14-7-6-12(16)8-15(14)18(19)20/h3-8,17H,9H2,1-2H3. The minimum Gasteiger partial charge on any atom is -0.375 e. The lowest BCUT2D eigenvalue weighted by Crippen LogP contribution is -2.05. The van der Waals surface area contributed by atoms with E-state index in [1.807, 2.05) is 32.0 Å². The largest absolute Gasteiger partial charge is 0.375 e. The van der Waals surface area contributed by atoms with Gasteiger partial charge < -0.3 is 5.32 Å². The third-order valence-corrected chi connectivity index (χ3v) is 3.49. The fraction of sp³-hybridized carbons (Fsp3) is 0.200. The molecule has 0 saturated carbocycles. The first-order valence-electron chi connectivity index (χ1n) is 6.22. The highest BCUT2D eigenvalue weighted by Crippen LogP contribution is 2.28. The third kappa shape index (κ3) is 3.08. The second kappa shape index (κ2) is 5.92. The molecule has 2 rings (SSSR count). The maximum atomic E-state index is 11.0. The first kappa shape index (κ1) is 14.3. The average molecular weight is 291 g/mol. The van der Waals surface area contributed by atoms with E-state index in [1.54, 1.807) is 12.1 Å². The Kier molecular flexibility index (Phi) is 4.25. The van der Waals surface area contributed by atoms with Crippen LogP contribution in [0.4, 0.5) is 11.4 Å². The van der Waals surface area contributed by atoms with Crippen molar-refractivity contribution >= 4 is 23.0 Å². The maximum Gasteiger partial charge on any atom is 0.293 e. The Morgan fingerprint density at radius 3 is 2.45 bits per heavy atom. The number of nitro groups is 1. The lowest BCUT2D eigenvalue weighted by atomic mass is 10.0. The molecule has 2 aromatic rings. The molecule has 20 heavy (non-hydrogen) atoms. The summed E-state index contributed by atoms with van der Waals surface area (Å²) in [6.07, 6.45) is 0. The van der Waals surface area contributed by atoms with E-state index in [2.05, 4.69) is 5.32 Å². The monoisotopic (exact) mass is 290 g/mol. The van der Waals surface area contributed by atoms with E-state index in [1.165, 1.54) is 6.07 Å². The molecule has 0 aliphatic heterocycles. The van der Waals surface area contributed by atoms with Crippen LogP contribution in [0.3, 0.4) is 0 Å². The van der Waals surface area contributed by atoms with Gasteiger partial charge in [0.25, 0.3) is 5.69 Å². The zero-order chi connectivity index (χ0) is 14.7.